The molecular weight excluding hydrogens is 342 g/mol. The molecule has 27 heavy (non-hydrogen) atoms. The van der Waals surface area contributed by atoms with Crippen LogP contribution in [0.2, 0.25) is 0 Å². The predicted molar refractivity (Wildman–Crippen MR) is 107 cm³/mol. The van der Waals surface area contributed by atoms with Crippen molar-refractivity contribution in [3.63, 3.8) is 0 Å². The van der Waals surface area contributed by atoms with Crippen LogP contribution in [0.1, 0.15) is 26.5 Å². The number of fused-ring (bicyclic) bond motifs is 3. The van der Waals surface area contributed by atoms with Crippen LogP contribution in [0.15, 0.2) is 30.5 Å². The maximum atomic E-state index is 12.3. The molecule has 3 rings (SSSR count). The van der Waals surface area contributed by atoms with Crippen molar-refractivity contribution in [1.82, 2.24) is 14.5 Å². The standard InChI is InChI=1S/C21H27N3O3/c1-14-19-17(9-10-22-14)16-8-7-15(26-6)13-18(16)24(19)12-11-23(5)20(25)27-21(2,3)4/h7-10,13H,11-12H2,1-6H3. The minimum absolute atomic E-state index is 0.323. The zero-order valence-electron chi connectivity index (χ0n) is 16.9. The van der Waals surface area contributed by atoms with Gasteiger partial charge in [-0.3, -0.25) is 4.98 Å². The Morgan fingerprint density at radius 3 is 2.63 bits per heavy atom. The number of amides is 1. The second kappa shape index (κ2) is 7.10. The molecule has 0 aliphatic heterocycles. The molecule has 0 bridgehead atoms. The van der Waals surface area contributed by atoms with Crippen molar-refractivity contribution < 1.29 is 14.3 Å². The molecule has 0 saturated heterocycles. The van der Waals surface area contributed by atoms with E-state index in [1.165, 1.54) is 0 Å². The number of hydrogen-bond donors (Lipinski definition) is 0. The van der Waals surface area contributed by atoms with Gasteiger partial charge in [0.25, 0.3) is 0 Å². The number of ether oxygens (including phenoxy) is 2. The molecule has 6 heteroatoms. The summed E-state index contributed by atoms with van der Waals surface area (Å²) in [6, 6.07) is 8.10. The highest BCUT2D eigenvalue weighted by Gasteiger charge is 2.20. The van der Waals surface area contributed by atoms with Crippen molar-refractivity contribution in [2.24, 2.45) is 0 Å². The molecule has 0 atom stereocenters. The lowest BCUT2D eigenvalue weighted by atomic mass is 10.1. The summed E-state index contributed by atoms with van der Waals surface area (Å²) in [5.41, 5.74) is 2.60. The van der Waals surface area contributed by atoms with Crippen LogP contribution in [-0.2, 0) is 11.3 Å². The Hall–Kier alpha value is -2.76. The molecular formula is C21H27N3O3. The number of likely N-dealkylation sites (N-methyl/N-ethyl adjacent to an activating group) is 1. The van der Waals surface area contributed by atoms with Gasteiger partial charge in [0.05, 0.1) is 23.8 Å². The summed E-state index contributed by atoms with van der Waals surface area (Å²) in [4.78, 5) is 18.3. The quantitative estimate of drug-likeness (QED) is 0.685. The Balaban J connectivity index is 1.98. The maximum absolute atomic E-state index is 12.3. The third-order valence-electron chi connectivity index (χ3n) is 4.53. The Morgan fingerprint density at radius 1 is 1.22 bits per heavy atom. The highest BCUT2D eigenvalue weighted by Crippen LogP contribution is 2.32. The molecule has 144 valence electrons. The molecule has 6 nitrogen and oxygen atoms in total. The third kappa shape index (κ3) is 3.84. The van der Waals surface area contributed by atoms with Gasteiger partial charge in [-0.1, -0.05) is 0 Å². The summed E-state index contributed by atoms with van der Waals surface area (Å²) in [7, 11) is 3.42. The van der Waals surface area contributed by atoms with E-state index in [0.29, 0.717) is 13.1 Å². The molecule has 0 radical (unpaired) electrons. The Labute approximate surface area is 159 Å². The number of pyridine rings is 1. The predicted octanol–water partition coefficient (Wildman–Crippen LogP) is 4.37. The second-order valence-corrected chi connectivity index (χ2v) is 7.73. The number of aromatic nitrogens is 2. The summed E-state index contributed by atoms with van der Waals surface area (Å²) in [5, 5.41) is 2.30. The summed E-state index contributed by atoms with van der Waals surface area (Å²) in [6.07, 6.45) is 1.51. The highest BCUT2D eigenvalue weighted by atomic mass is 16.6. The first-order valence-corrected chi connectivity index (χ1v) is 9.07. The van der Waals surface area contributed by atoms with Crippen molar-refractivity contribution in [3.8, 4) is 5.75 Å². The molecule has 0 aliphatic carbocycles. The van der Waals surface area contributed by atoms with E-state index in [4.69, 9.17) is 9.47 Å². The number of rotatable bonds is 4. The van der Waals surface area contributed by atoms with E-state index in [-0.39, 0.29) is 6.09 Å². The third-order valence-corrected chi connectivity index (χ3v) is 4.53. The van der Waals surface area contributed by atoms with Gasteiger partial charge in [0.1, 0.15) is 11.4 Å². The van der Waals surface area contributed by atoms with Gasteiger partial charge in [-0.05, 0) is 45.9 Å². The number of benzene rings is 1. The fourth-order valence-corrected chi connectivity index (χ4v) is 3.24. The molecule has 0 fully saturated rings. The zero-order valence-corrected chi connectivity index (χ0v) is 16.9. The summed E-state index contributed by atoms with van der Waals surface area (Å²) in [6.45, 7) is 8.77. The van der Waals surface area contributed by atoms with Gasteiger partial charge in [0.15, 0.2) is 0 Å². The van der Waals surface area contributed by atoms with Crippen molar-refractivity contribution in [1.29, 1.82) is 0 Å². The summed E-state index contributed by atoms with van der Waals surface area (Å²) in [5.74, 6) is 0.803. The molecule has 0 spiro atoms. The lowest BCUT2D eigenvalue weighted by Crippen LogP contribution is -2.35. The first-order valence-electron chi connectivity index (χ1n) is 9.07. The fourth-order valence-electron chi connectivity index (χ4n) is 3.24. The van der Waals surface area contributed by atoms with Crippen LogP contribution >= 0.6 is 0 Å². The van der Waals surface area contributed by atoms with Crippen LogP contribution < -0.4 is 4.74 Å². The van der Waals surface area contributed by atoms with Crippen molar-refractivity contribution >= 4 is 27.9 Å². The zero-order chi connectivity index (χ0) is 19.8. The minimum Gasteiger partial charge on any atom is -0.497 e. The van der Waals surface area contributed by atoms with Crippen LogP contribution in [0.4, 0.5) is 4.79 Å². The van der Waals surface area contributed by atoms with Gasteiger partial charge < -0.3 is 18.9 Å². The topological polar surface area (TPSA) is 56.6 Å². The van der Waals surface area contributed by atoms with Crippen LogP contribution in [0.3, 0.4) is 0 Å². The van der Waals surface area contributed by atoms with E-state index < -0.39 is 5.60 Å². The van der Waals surface area contributed by atoms with Crippen LogP contribution in [0.5, 0.6) is 5.75 Å². The number of hydrogen-bond acceptors (Lipinski definition) is 4. The first kappa shape index (κ1) is 19.0. The number of carbonyl (C=O) groups excluding carboxylic acids is 1. The lowest BCUT2D eigenvalue weighted by Gasteiger charge is -2.25. The van der Waals surface area contributed by atoms with Gasteiger partial charge in [0.2, 0.25) is 0 Å². The van der Waals surface area contributed by atoms with Crippen molar-refractivity contribution in [2.45, 2.75) is 39.8 Å². The largest absolute Gasteiger partial charge is 0.497 e. The molecule has 1 aromatic carbocycles. The number of carbonyl (C=O) groups is 1. The molecule has 2 heterocycles. The fraction of sp³-hybridized carbons (Fsp3) is 0.429. The molecule has 1 amide bonds. The number of aryl methyl sites for hydroxylation is 1. The summed E-state index contributed by atoms with van der Waals surface area (Å²) >= 11 is 0. The average molecular weight is 369 g/mol. The SMILES string of the molecule is COc1ccc2c3ccnc(C)c3n(CCN(C)C(=O)OC(C)(C)C)c2c1. The monoisotopic (exact) mass is 369 g/mol. The van der Waals surface area contributed by atoms with Crippen LogP contribution in [0, 0.1) is 6.92 Å². The summed E-state index contributed by atoms with van der Waals surface area (Å²) < 4.78 is 13.1. The molecule has 2 aromatic heterocycles. The number of methoxy groups -OCH3 is 1. The average Bonchev–Trinajstić information content (AvgIpc) is 2.92. The van der Waals surface area contributed by atoms with Crippen LogP contribution in [0.25, 0.3) is 21.8 Å². The Bertz CT molecular complexity index is 986. The highest BCUT2D eigenvalue weighted by molar-refractivity contribution is 6.09. The Kier molecular flexibility index (Phi) is 5.00. The van der Waals surface area contributed by atoms with Crippen molar-refractivity contribution in [2.75, 3.05) is 20.7 Å². The molecule has 0 saturated carbocycles. The van der Waals surface area contributed by atoms with Crippen molar-refractivity contribution in [3.05, 3.63) is 36.2 Å². The van der Waals surface area contributed by atoms with E-state index in [1.54, 1.807) is 19.1 Å². The Morgan fingerprint density at radius 2 is 1.96 bits per heavy atom. The lowest BCUT2D eigenvalue weighted by molar-refractivity contribution is 0.0294. The van der Waals surface area contributed by atoms with E-state index in [1.807, 2.05) is 52.1 Å². The van der Waals surface area contributed by atoms with Gasteiger partial charge in [-0.25, -0.2) is 4.79 Å². The van der Waals surface area contributed by atoms with Gasteiger partial charge >= 0.3 is 6.09 Å². The number of nitrogens with zero attached hydrogens (tertiary/aromatic N) is 3. The smallest absolute Gasteiger partial charge is 0.410 e. The van der Waals surface area contributed by atoms with Crippen LogP contribution in [-0.4, -0.2) is 46.8 Å². The van der Waals surface area contributed by atoms with E-state index >= 15 is 0 Å². The maximum Gasteiger partial charge on any atom is 0.410 e. The van der Waals surface area contributed by atoms with Gasteiger partial charge in [-0.2, -0.15) is 0 Å². The van der Waals surface area contributed by atoms with E-state index in [2.05, 4.69) is 15.6 Å². The first-order chi connectivity index (χ1) is 12.7. The second-order valence-electron chi connectivity index (χ2n) is 7.73. The normalized spacial score (nSPS) is 11.8. The van der Waals surface area contributed by atoms with Gasteiger partial charge in [0, 0.05) is 43.2 Å². The molecule has 3 aromatic rings. The van der Waals surface area contributed by atoms with E-state index in [0.717, 1.165) is 33.2 Å². The minimum atomic E-state index is -0.508. The molecule has 0 N–H and O–H groups in total. The molecule has 0 unspecified atom stereocenters. The van der Waals surface area contributed by atoms with E-state index in [9.17, 15) is 4.79 Å². The molecule has 0 aliphatic rings. The van der Waals surface area contributed by atoms with Gasteiger partial charge in [-0.15, -0.1) is 0 Å².